The van der Waals surface area contributed by atoms with Gasteiger partial charge in [0.1, 0.15) is 30.4 Å². The minimum absolute atomic E-state index is 0.272. The van der Waals surface area contributed by atoms with Crippen LogP contribution in [0.25, 0.3) is 6.08 Å². The Bertz CT molecular complexity index is 1340. The van der Waals surface area contributed by atoms with Crippen LogP contribution in [0.2, 0.25) is 0 Å². The Hall–Kier alpha value is -4.84. The van der Waals surface area contributed by atoms with Crippen LogP contribution in [0.15, 0.2) is 115 Å². The van der Waals surface area contributed by atoms with Crippen molar-refractivity contribution in [2.24, 2.45) is 0 Å². The highest BCUT2D eigenvalue weighted by Crippen LogP contribution is 2.28. The highest BCUT2D eigenvalue weighted by molar-refractivity contribution is 6.02. The lowest BCUT2D eigenvalue weighted by molar-refractivity contribution is -0.132. The smallest absolute Gasteiger partial charge is 0.352 e. The van der Waals surface area contributed by atoms with E-state index in [-0.39, 0.29) is 12.3 Å². The predicted molar refractivity (Wildman–Crippen MR) is 138 cm³/mol. The average molecular weight is 480 g/mol. The second kappa shape index (κ2) is 12.0. The van der Waals surface area contributed by atoms with Crippen molar-refractivity contribution in [3.8, 4) is 11.5 Å². The standard InChI is InChI=1S/C30H25NO5/c32-29(24-14-8-3-9-15-24)31-27(30(33)34)18-25-16-17-26(35-20-22-10-4-1-5-11-22)19-28(25)36-21-23-12-6-2-7-13-23/h1-19H,20-21H2,(H,31,32)(H,33,34). The highest BCUT2D eigenvalue weighted by Gasteiger charge is 2.15. The summed E-state index contributed by atoms with van der Waals surface area (Å²) in [6.07, 6.45) is 1.38. The fourth-order valence-corrected chi connectivity index (χ4v) is 3.42. The van der Waals surface area contributed by atoms with Gasteiger partial charge in [0.15, 0.2) is 0 Å². The van der Waals surface area contributed by atoms with E-state index < -0.39 is 11.9 Å². The Balaban J connectivity index is 1.60. The molecule has 2 N–H and O–H groups in total. The summed E-state index contributed by atoms with van der Waals surface area (Å²) in [6.45, 7) is 0.657. The van der Waals surface area contributed by atoms with Crippen molar-refractivity contribution in [2.75, 3.05) is 0 Å². The first kappa shape index (κ1) is 24.3. The lowest BCUT2D eigenvalue weighted by Gasteiger charge is -2.14. The van der Waals surface area contributed by atoms with Crippen molar-refractivity contribution in [1.29, 1.82) is 0 Å². The minimum atomic E-state index is -1.27. The summed E-state index contributed by atoms with van der Waals surface area (Å²) in [6, 6.07) is 33.0. The zero-order valence-electron chi connectivity index (χ0n) is 19.5. The van der Waals surface area contributed by atoms with Gasteiger partial charge in [0, 0.05) is 17.2 Å². The molecule has 4 aromatic rings. The molecule has 180 valence electrons. The molecule has 0 spiro atoms. The molecular weight excluding hydrogens is 454 g/mol. The van der Waals surface area contributed by atoms with Gasteiger partial charge in [0.05, 0.1) is 0 Å². The molecule has 1 amide bonds. The first-order valence-corrected chi connectivity index (χ1v) is 11.4. The van der Waals surface area contributed by atoms with Crippen molar-refractivity contribution in [3.05, 3.63) is 137 Å². The molecule has 4 aromatic carbocycles. The van der Waals surface area contributed by atoms with Crippen molar-refractivity contribution in [1.82, 2.24) is 5.32 Å². The monoisotopic (exact) mass is 479 g/mol. The van der Waals surface area contributed by atoms with Crippen LogP contribution in [0.4, 0.5) is 0 Å². The van der Waals surface area contributed by atoms with Gasteiger partial charge in [-0.3, -0.25) is 4.79 Å². The number of aliphatic carboxylic acids is 1. The van der Waals surface area contributed by atoms with E-state index in [1.54, 1.807) is 48.5 Å². The number of nitrogens with one attached hydrogen (secondary N) is 1. The third-order valence-electron chi connectivity index (χ3n) is 5.28. The maximum absolute atomic E-state index is 12.6. The zero-order valence-corrected chi connectivity index (χ0v) is 19.5. The van der Waals surface area contributed by atoms with Gasteiger partial charge < -0.3 is 19.9 Å². The third kappa shape index (κ3) is 6.84. The van der Waals surface area contributed by atoms with Crippen molar-refractivity contribution in [2.45, 2.75) is 13.2 Å². The van der Waals surface area contributed by atoms with Gasteiger partial charge in [-0.05, 0) is 41.5 Å². The third-order valence-corrected chi connectivity index (χ3v) is 5.28. The molecule has 0 atom stereocenters. The maximum Gasteiger partial charge on any atom is 0.352 e. The summed E-state index contributed by atoms with van der Waals surface area (Å²) in [7, 11) is 0. The Labute approximate surface area is 209 Å². The number of carboxylic acid groups (broad SMARTS) is 1. The molecule has 0 aromatic heterocycles. The lowest BCUT2D eigenvalue weighted by Crippen LogP contribution is -2.27. The molecule has 0 saturated carbocycles. The number of hydrogen-bond donors (Lipinski definition) is 2. The van der Waals surface area contributed by atoms with Crippen LogP contribution in [0, 0.1) is 0 Å². The van der Waals surface area contributed by atoms with E-state index in [1.807, 2.05) is 60.7 Å². The summed E-state index contributed by atoms with van der Waals surface area (Å²) in [5.74, 6) is -0.780. The van der Waals surface area contributed by atoms with E-state index >= 15 is 0 Å². The number of amides is 1. The largest absolute Gasteiger partial charge is 0.489 e. The van der Waals surface area contributed by atoms with Crippen LogP contribution in [0.5, 0.6) is 11.5 Å². The van der Waals surface area contributed by atoms with Crippen molar-refractivity contribution in [3.63, 3.8) is 0 Å². The second-order valence-electron chi connectivity index (χ2n) is 7.93. The normalized spacial score (nSPS) is 10.9. The molecule has 0 bridgehead atoms. The molecule has 36 heavy (non-hydrogen) atoms. The van der Waals surface area contributed by atoms with E-state index in [9.17, 15) is 14.7 Å². The molecule has 6 nitrogen and oxygen atoms in total. The zero-order chi connectivity index (χ0) is 25.2. The number of ether oxygens (including phenoxy) is 2. The Morgan fingerprint density at radius 1 is 0.722 bits per heavy atom. The maximum atomic E-state index is 12.6. The molecule has 0 fully saturated rings. The van der Waals surface area contributed by atoms with Crippen molar-refractivity contribution >= 4 is 18.0 Å². The summed E-state index contributed by atoms with van der Waals surface area (Å²) >= 11 is 0. The molecular formula is C30H25NO5. The number of rotatable bonds is 10. The van der Waals surface area contributed by atoms with E-state index in [2.05, 4.69) is 5.32 Å². The first-order valence-electron chi connectivity index (χ1n) is 11.4. The molecule has 6 heteroatoms. The predicted octanol–water partition coefficient (Wildman–Crippen LogP) is 5.70. The topological polar surface area (TPSA) is 84.9 Å². The molecule has 0 aliphatic heterocycles. The van der Waals surface area contributed by atoms with E-state index in [1.165, 1.54) is 6.08 Å². The molecule has 0 aliphatic rings. The van der Waals surface area contributed by atoms with Crippen LogP contribution >= 0.6 is 0 Å². The Kier molecular flexibility index (Phi) is 8.12. The minimum Gasteiger partial charge on any atom is -0.489 e. The molecule has 0 saturated heterocycles. The summed E-state index contributed by atoms with van der Waals surface area (Å²) < 4.78 is 12.0. The SMILES string of the molecule is O=C(O)C(=Cc1ccc(OCc2ccccc2)cc1OCc1ccccc1)NC(=O)c1ccccc1. The fraction of sp³-hybridized carbons (Fsp3) is 0.0667. The number of carbonyl (C=O) groups excluding carboxylic acids is 1. The highest BCUT2D eigenvalue weighted by atomic mass is 16.5. The molecule has 0 radical (unpaired) electrons. The molecule has 0 heterocycles. The van der Waals surface area contributed by atoms with E-state index in [4.69, 9.17) is 9.47 Å². The van der Waals surface area contributed by atoms with Gasteiger partial charge in [-0.2, -0.15) is 0 Å². The lowest BCUT2D eigenvalue weighted by atomic mass is 10.1. The molecule has 4 rings (SSSR count). The van der Waals surface area contributed by atoms with Crippen LogP contribution < -0.4 is 14.8 Å². The Morgan fingerprint density at radius 2 is 1.28 bits per heavy atom. The van der Waals surface area contributed by atoms with Gasteiger partial charge in [-0.15, -0.1) is 0 Å². The van der Waals surface area contributed by atoms with Crippen LogP contribution in [0.3, 0.4) is 0 Å². The second-order valence-corrected chi connectivity index (χ2v) is 7.93. The van der Waals surface area contributed by atoms with E-state index in [0.717, 1.165) is 11.1 Å². The van der Waals surface area contributed by atoms with Crippen LogP contribution in [-0.2, 0) is 18.0 Å². The summed E-state index contributed by atoms with van der Waals surface area (Å²) in [5.41, 5.74) is 2.55. The van der Waals surface area contributed by atoms with Gasteiger partial charge in [-0.25, -0.2) is 4.79 Å². The fourth-order valence-electron chi connectivity index (χ4n) is 3.42. The molecule has 0 aliphatic carbocycles. The number of carboxylic acids is 1. The van der Waals surface area contributed by atoms with Gasteiger partial charge in [0.25, 0.3) is 5.91 Å². The number of carbonyl (C=O) groups is 2. The van der Waals surface area contributed by atoms with Gasteiger partial charge in [-0.1, -0.05) is 78.9 Å². The summed E-state index contributed by atoms with van der Waals surface area (Å²) in [4.78, 5) is 24.5. The average Bonchev–Trinajstić information content (AvgIpc) is 2.92. The first-order chi connectivity index (χ1) is 17.6. The molecule has 0 unspecified atom stereocenters. The quantitative estimate of drug-likeness (QED) is 0.285. The van der Waals surface area contributed by atoms with Crippen LogP contribution in [0.1, 0.15) is 27.0 Å². The Morgan fingerprint density at radius 3 is 1.86 bits per heavy atom. The van der Waals surface area contributed by atoms with Gasteiger partial charge in [0.2, 0.25) is 0 Å². The van der Waals surface area contributed by atoms with Gasteiger partial charge >= 0.3 is 5.97 Å². The number of hydrogen-bond acceptors (Lipinski definition) is 4. The number of benzene rings is 4. The summed E-state index contributed by atoms with van der Waals surface area (Å²) in [5, 5.41) is 12.2. The van der Waals surface area contributed by atoms with Crippen molar-refractivity contribution < 1.29 is 24.2 Å². The van der Waals surface area contributed by atoms with E-state index in [0.29, 0.717) is 29.2 Å². The van der Waals surface area contributed by atoms with Crippen LogP contribution in [-0.4, -0.2) is 17.0 Å².